The minimum absolute atomic E-state index is 0.626. The van der Waals surface area contributed by atoms with E-state index in [1.165, 1.54) is 0 Å². The molecule has 0 amide bonds. The molecule has 0 aliphatic heterocycles. The van der Waals surface area contributed by atoms with Crippen molar-refractivity contribution in [1.29, 1.82) is 0 Å². The van der Waals surface area contributed by atoms with Gasteiger partial charge in [0.1, 0.15) is 6.10 Å². The summed E-state index contributed by atoms with van der Waals surface area (Å²) in [6.07, 6.45) is 2.85. The van der Waals surface area contributed by atoms with Crippen molar-refractivity contribution in [2.75, 3.05) is 0 Å². The summed E-state index contributed by atoms with van der Waals surface area (Å²) in [5.41, 5.74) is 3.90. The predicted molar refractivity (Wildman–Crippen MR) is 71.9 cm³/mol. The van der Waals surface area contributed by atoms with Gasteiger partial charge in [0.05, 0.1) is 0 Å². The number of benzene rings is 1. The molecule has 1 aromatic heterocycles. The van der Waals surface area contributed by atoms with Gasteiger partial charge in [0.2, 0.25) is 0 Å². The zero-order chi connectivity index (χ0) is 12.4. The Bertz CT molecular complexity index is 539. The second-order valence-corrected chi connectivity index (χ2v) is 5.06. The highest BCUT2D eigenvalue weighted by molar-refractivity contribution is 9.10. The van der Waals surface area contributed by atoms with Crippen LogP contribution >= 0.6 is 15.9 Å². The van der Waals surface area contributed by atoms with Crippen molar-refractivity contribution in [1.82, 2.24) is 4.98 Å². The van der Waals surface area contributed by atoms with E-state index in [0.29, 0.717) is 0 Å². The normalized spacial score (nSPS) is 12.5. The van der Waals surface area contributed by atoms with Crippen LogP contribution in [0.2, 0.25) is 0 Å². The van der Waals surface area contributed by atoms with Crippen LogP contribution in [0.25, 0.3) is 0 Å². The van der Waals surface area contributed by atoms with Crippen LogP contribution < -0.4 is 0 Å². The first-order valence-corrected chi connectivity index (χ1v) is 6.23. The van der Waals surface area contributed by atoms with E-state index in [2.05, 4.69) is 20.9 Å². The molecule has 0 aliphatic rings. The van der Waals surface area contributed by atoms with E-state index in [1.54, 1.807) is 12.4 Å². The Labute approximate surface area is 109 Å². The molecule has 1 heterocycles. The van der Waals surface area contributed by atoms with Crippen LogP contribution in [0.4, 0.5) is 0 Å². The van der Waals surface area contributed by atoms with Gasteiger partial charge >= 0.3 is 0 Å². The fourth-order valence-corrected chi connectivity index (χ4v) is 2.10. The molecule has 1 N–H and O–H groups in total. The molecule has 2 rings (SSSR count). The van der Waals surface area contributed by atoms with Crippen molar-refractivity contribution < 1.29 is 5.11 Å². The third-order valence-corrected chi connectivity index (χ3v) is 3.58. The lowest BCUT2D eigenvalue weighted by Gasteiger charge is -2.12. The van der Waals surface area contributed by atoms with Crippen molar-refractivity contribution in [2.45, 2.75) is 20.0 Å². The highest BCUT2D eigenvalue weighted by Crippen LogP contribution is 2.26. The first-order valence-electron chi connectivity index (χ1n) is 5.43. The summed E-state index contributed by atoms with van der Waals surface area (Å²) >= 11 is 3.47. The summed E-state index contributed by atoms with van der Waals surface area (Å²) in [5.74, 6) is 0. The van der Waals surface area contributed by atoms with Crippen molar-refractivity contribution >= 4 is 15.9 Å². The van der Waals surface area contributed by atoms with Crippen LogP contribution in [-0.4, -0.2) is 10.1 Å². The molecule has 0 saturated carbocycles. The zero-order valence-electron chi connectivity index (χ0n) is 9.81. The van der Waals surface area contributed by atoms with Crippen LogP contribution in [0.15, 0.2) is 41.1 Å². The lowest BCUT2D eigenvalue weighted by molar-refractivity contribution is 0.219. The van der Waals surface area contributed by atoms with Gasteiger partial charge < -0.3 is 5.11 Å². The first-order chi connectivity index (χ1) is 8.08. The molecule has 1 aromatic carbocycles. The van der Waals surface area contributed by atoms with Crippen LogP contribution in [0.3, 0.4) is 0 Å². The quantitative estimate of drug-likeness (QED) is 0.918. The molecule has 1 unspecified atom stereocenters. The summed E-state index contributed by atoms with van der Waals surface area (Å²) in [7, 11) is 0. The number of aromatic nitrogens is 1. The Morgan fingerprint density at radius 1 is 1.12 bits per heavy atom. The standard InChI is InChI=1S/C14H14BrNO/c1-9-5-12(8-16-7-9)14(17)11-4-3-10(2)13(15)6-11/h3-8,14,17H,1-2H3. The minimum atomic E-state index is -0.626. The molecule has 1 atom stereocenters. The second kappa shape index (κ2) is 4.98. The topological polar surface area (TPSA) is 33.1 Å². The van der Waals surface area contributed by atoms with Gasteiger partial charge in [0, 0.05) is 22.4 Å². The molecule has 0 saturated heterocycles. The fraction of sp³-hybridized carbons (Fsp3) is 0.214. The van der Waals surface area contributed by atoms with Crippen molar-refractivity contribution in [3.8, 4) is 0 Å². The summed E-state index contributed by atoms with van der Waals surface area (Å²) in [5, 5.41) is 10.3. The van der Waals surface area contributed by atoms with E-state index >= 15 is 0 Å². The summed E-state index contributed by atoms with van der Waals surface area (Å²) in [6, 6.07) is 7.83. The first kappa shape index (κ1) is 12.3. The number of rotatable bonds is 2. The summed E-state index contributed by atoms with van der Waals surface area (Å²) in [6.45, 7) is 3.99. The molecule has 17 heavy (non-hydrogen) atoms. The van der Waals surface area contributed by atoms with E-state index < -0.39 is 6.10 Å². The molecular weight excluding hydrogens is 278 g/mol. The molecule has 2 aromatic rings. The molecule has 0 spiro atoms. The van der Waals surface area contributed by atoms with Crippen LogP contribution in [0.1, 0.15) is 28.4 Å². The highest BCUT2D eigenvalue weighted by Gasteiger charge is 2.11. The number of hydrogen-bond donors (Lipinski definition) is 1. The SMILES string of the molecule is Cc1cncc(C(O)c2ccc(C)c(Br)c2)c1. The Hall–Kier alpha value is -1.19. The second-order valence-electron chi connectivity index (χ2n) is 4.21. The van der Waals surface area contributed by atoms with Gasteiger partial charge in [-0.05, 0) is 36.6 Å². The van der Waals surface area contributed by atoms with Gasteiger partial charge in [-0.2, -0.15) is 0 Å². The Kier molecular flexibility index (Phi) is 3.60. The van der Waals surface area contributed by atoms with Crippen LogP contribution in [0, 0.1) is 13.8 Å². The molecule has 88 valence electrons. The number of aryl methyl sites for hydroxylation is 2. The number of hydrogen-bond acceptors (Lipinski definition) is 2. The van der Waals surface area contributed by atoms with Crippen molar-refractivity contribution in [2.24, 2.45) is 0 Å². The largest absolute Gasteiger partial charge is 0.384 e. The van der Waals surface area contributed by atoms with Crippen molar-refractivity contribution in [3.63, 3.8) is 0 Å². The van der Waals surface area contributed by atoms with Gasteiger partial charge in [-0.1, -0.05) is 34.1 Å². The predicted octanol–water partition coefficient (Wildman–Crippen LogP) is 3.54. The molecular formula is C14H14BrNO. The number of pyridine rings is 1. The van der Waals surface area contributed by atoms with E-state index in [4.69, 9.17) is 0 Å². The van der Waals surface area contributed by atoms with Crippen LogP contribution in [0.5, 0.6) is 0 Å². The highest BCUT2D eigenvalue weighted by atomic mass is 79.9. The average Bonchev–Trinajstić information content (AvgIpc) is 2.32. The Balaban J connectivity index is 2.36. The molecule has 0 radical (unpaired) electrons. The molecule has 2 nitrogen and oxygen atoms in total. The Morgan fingerprint density at radius 3 is 2.53 bits per heavy atom. The third kappa shape index (κ3) is 2.73. The summed E-state index contributed by atoms with van der Waals surface area (Å²) in [4.78, 5) is 4.10. The van der Waals surface area contributed by atoms with Gasteiger partial charge in [0.15, 0.2) is 0 Å². The average molecular weight is 292 g/mol. The fourth-order valence-electron chi connectivity index (χ4n) is 1.70. The lowest BCUT2D eigenvalue weighted by Crippen LogP contribution is -2.01. The van der Waals surface area contributed by atoms with Crippen molar-refractivity contribution in [3.05, 3.63) is 63.4 Å². The van der Waals surface area contributed by atoms with E-state index in [0.717, 1.165) is 26.7 Å². The van der Waals surface area contributed by atoms with E-state index in [1.807, 2.05) is 38.1 Å². The Morgan fingerprint density at radius 2 is 1.88 bits per heavy atom. The van der Waals surface area contributed by atoms with Gasteiger partial charge in [-0.3, -0.25) is 4.98 Å². The van der Waals surface area contributed by atoms with Gasteiger partial charge in [-0.25, -0.2) is 0 Å². The number of aliphatic hydroxyl groups is 1. The summed E-state index contributed by atoms with van der Waals surface area (Å²) < 4.78 is 1.01. The maximum Gasteiger partial charge on any atom is 0.106 e. The lowest BCUT2D eigenvalue weighted by atomic mass is 10.0. The van der Waals surface area contributed by atoms with Gasteiger partial charge in [-0.15, -0.1) is 0 Å². The number of halogens is 1. The minimum Gasteiger partial charge on any atom is -0.384 e. The molecule has 0 bridgehead atoms. The zero-order valence-corrected chi connectivity index (χ0v) is 11.4. The van der Waals surface area contributed by atoms with E-state index in [9.17, 15) is 5.11 Å². The number of nitrogens with zero attached hydrogens (tertiary/aromatic N) is 1. The van der Waals surface area contributed by atoms with Gasteiger partial charge in [0.25, 0.3) is 0 Å². The molecule has 0 aliphatic carbocycles. The maximum atomic E-state index is 10.3. The third-order valence-electron chi connectivity index (χ3n) is 2.72. The smallest absolute Gasteiger partial charge is 0.106 e. The van der Waals surface area contributed by atoms with Crippen LogP contribution in [-0.2, 0) is 0 Å². The van der Waals surface area contributed by atoms with E-state index in [-0.39, 0.29) is 0 Å². The molecule has 0 fully saturated rings. The number of aliphatic hydroxyl groups excluding tert-OH is 1. The maximum absolute atomic E-state index is 10.3. The monoisotopic (exact) mass is 291 g/mol. The molecule has 3 heteroatoms.